The van der Waals surface area contributed by atoms with E-state index in [0.717, 1.165) is 32.0 Å². The Hall–Kier alpha value is -0.170. The zero-order valence-electron chi connectivity index (χ0n) is 12.4. The van der Waals surface area contributed by atoms with Crippen molar-refractivity contribution in [1.82, 2.24) is 14.7 Å². The highest BCUT2D eigenvalue weighted by atomic mass is 32.2. The molecular formula is C14H27N3O2S. The molecule has 3 aliphatic rings. The van der Waals surface area contributed by atoms with Gasteiger partial charge in [0, 0.05) is 31.7 Å². The lowest BCUT2D eigenvalue weighted by molar-refractivity contribution is 0.0958. The summed E-state index contributed by atoms with van der Waals surface area (Å²) in [6.45, 7) is 2.60. The van der Waals surface area contributed by atoms with Crippen LogP contribution in [-0.4, -0.2) is 55.7 Å². The second kappa shape index (κ2) is 5.91. The molecule has 20 heavy (non-hydrogen) atoms. The smallest absolute Gasteiger partial charge is 0.211 e. The summed E-state index contributed by atoms with van der Waals surface area (Å²) in [5, 5.41) is 2.44. The van der Waals surface area contributed by atoms with Gasteiger partial charge in [-0.05, 0) is 44.4 Å². The highest BCUT2D eigenvalue weighted by molar-refractivity contribution is 7.88. The molecule has 0 aromatic carbocycles. The van der Waals surface area contributed by atoms with E-state index < -0.39 is 10.0 Å². The molecule has 5 nitrogen and oxygen atoms in total. The summed E-state index contributed by atoms with van der Waals surface area (Å²) in [4.78, 5) is 0. The quantitative estimate of drug-likeness (QED) is 0.847. The molecule has 0 radical (unpaired) electrons. The second-order valence-electron chi connectivity index (χ2n) is 6.76. The molecule has 3 rings (SSSR count). The van der Waals surface area contributed by atoms with E-state index in [4.69, 9.17) is 0 Å². The minimum absolute atomic E-state index is 0.525. The molecule has 0 amide bonds. The molecular weight excluding hydrogens is 274 g/mol. The van der Waals surface area contributed by atoms with Crippen LogP contribution in [0.2, 0.25) is 0 Å². The lowest BCUT2D eigenvalue weighted by atomic mass is 9.92. The van der Waals surface area contributed by atoms with Crippen LogP contribution in [0, 0.1) is 5.92 Å². The Morgan fingerprint density at radius 2 is 1.90 bits per heavy atom. The van der Waals surface area contributed by atoms with E-state index in [2.05, 4.69) is 10.4 Å². The SMILES string of the molecule is CS(=O)(=O)N1CCCC(CC2CCN(C3CCC3)N2)C1. The van der Waals surface area contributed by atoms with Crippen molar-refractivity contribution in [3.8, 4) is 0 Å². The molecule has 2 heterocycles. The molecule has 6 heteroatoms. The number of hydrogen-bond donors (Lipinski definition) is 1. The van der Waals surface area contributed by atoms with Crippen LogP contribution >= 0.6 is 0 Å². The van der Waals surface area contributed by atoms with Crippen LogP contribution in [0.5, 0.6) is 0 Å². The van der Waals surface area contributed by atoms with Crippen molar-refractivity contribution in [3.63, 3.8) is 0 Å². The fourth-order valence-electron chi connectivity index (χ4n) is 3.74. The van der Waals surface area contributed by atoms with Crippen molar-refractivity contribution < 1.29 is 8.42 Å². The maximum atomic E-state index is 11.7. The Bertz CT molecular complexity index is 436. The fourth-order valence-corrected chi connectivity index (χ4v) is 4.68. The third-order valence-electron chi connectivity index (χ3n) is 5.15. The summed E-state index contributed by atoms with van der Waals surface area (Å²) < 4.78 is 25.0. The van der Waals surface area contributed by atoms with E-state index in [1.54, 1.807) is 4.31 Å². The molecule has 0 spiro atoms. The second-order valence-corrected chi connectivity index (χ2v) is 8.74. The van der Waals surface area contributed by atoms with E-state index >= 15 is 0 Å². The first kappa shape index (κ1) is 14.8. The van der Waals surface area contributed by atoms with Gasteiger partial charge >= 0.3 is 0 Å². The number of rotatable bonds is 4. The van der Waals surface area contributed by atoms with E-state index in [9.17, 15) is 8.42 Å². The Labute approximate surface area is 122 Å². The molecule has 116 valence electrons. The molecule has 1 aliphatic carbocycles. The molecule has 0 aromatic heterocycles. The first-order valence-corrected chi connectivity index (χ1v) is 9.85. The fraction of sp³-hybridized carbons (Fsp3) is 1.00. The zero-order chi connectivity index (χ0) is 14.2. The van der Waals surface area contributed by atoms with Crippen LogP contribution in [0.1, 0.15) is 44.9 Å². The predicted molar refractivity (Wildman–Crippen MR) is 79.6 cm³/mol. The number of nitrogens with zero attached hydrogens (tertiary/aromatic N) is 2. The lowest BCUT2D eigenvalue weighted by Gasteiger charge is -2.35. The number of sulfonamides is 1. The van der Waals surface area contributed by atoms with Gasteiger partial charge in [0.1, 0.15) is 0 Å². The summed E-state index contributed by atoms with van der Waals surface area (Å²) in [6, 6.07) is 1.32. The van der Waals surface area contributed by atoms with Crippen LogP contribution in [0.25, 0.3) is 0 Å². The first-order valence-electron chi connectivity index (χ1n) is 8.00. The predicted octanol–water partition coefficient (Wildman–Crippen LogP) is 1.18. The van der Waals surface area contributed by atoms with Gasteiger partial charge in [0.2, 0.25) is 10.0 Å². The minimum Gasteiger partial charge on any atom is -0.252 e. The summed E-state index contributed by atoms with van der Waals surface area (Å²) in [5.41, 5.74) is 3.66. The lowest BCUT2D eigenvalue weighted by Crippen LogP contribution is -2.47. The third kappa shape index (κ3) is 3.35. The summed E-state index contributed by atoms with van der Waals surface area (Å²) in [5.74, 6) is 0.525. The van der Waals surface area contributed by atoms with Crippen LogP contribution in [0.3, 0.4) is 0 Å². The van der Waals surface area contributed by atoms with Crippen molar-refractivity contribution in [3.05, 3.63) is 0 Å². The molecule has 2 unspecified atom stereocenters. The number of hydrazine groups is 1. The average Bonchev–Trinajstić information content (AvgIpc) is 2.74. The van der Waals surface area contributed by atoms with Gasteiger partial charge in [0.05, 0.1) is 6.26 Å². The number of piperidine rings is 1. The maximum absolute atomic E-state index is 11.7. The van der Waals surface area contributed by atoms with E-state index in [0.29, 0.717) is 18.5 Å². The molecule has 1 saturated carbocycles. The van der Waals surface area contributed by atoms with Gasteiger partial charge < -0.3 is 0 Å². The third-order valence-corrected chi connectivity index (χ3v) is 6.42. The topological polar surface area (TPSA) is 52.7 Å². The van der Waals surface area contributed by atoms with Crippen LogP contribution in [0.4, 0.5) is 0 Å². The van der Waals surface area contributed by atoms with E-state index in [1.807, 2.05) is 0 Å². The number of hydrogen-bond acceptors (Lipinski definition) is 4. The highest BCUT2D eigenvalue weighted by Gasteiger charge is 2.33. The van der Waals surface area contributed by atoms with Gasteiger partial charge in [-0.1, -0.05) is 6.42 Å². The zero-order valence-corrected chi connectivity index (χ0v) is 13.2. The van der Waals surface area contributed by atoms with Crippen LogP contribution in [-0.2, 0) is 10.0 Å². The summed E-state index contributed by atoms with van der Waals surface area (Å²) in [6.07, 6.45) is 9.91. The number of nitrogens with one attached hydrogen (secondary N) is 1. The van der Waals surface area contributed by atoms with Crippen molar-refractivity contribution in [2.24, 2.45) is 5.92 Å². The van der Waals surface area contributed by atoms with Gasteiger partial charge in [0.25, 0.3) is 0 Å². The molecule has 1 N–H and O–H groups in total. The van der Waals surface area contributed by atoms with Gasteiger partial charge in [-0.3, -0.25) is 5.43 Å². The maximum Gasteiger partial charge on any atom is 0.211 e. The van der Waals surface area contributed by atoms with Gasteiger partial charge in [0.15, 0.2) is 0 Å². The highest BCUT2D eigenvalue weighted by Crippen LogP contribution is 2.29. The molecule has 2 aliphatic heterocycles. The average molecular weight is 301 g/mol. The molecule has 2 atom stereocenters. The van der Waals surface area contributed by atoms with Gasteiger partial charge in [-0.25, -0.2) is 17.7 Å². The Balaban J connectivity index is 1.48. The van der Waals surface area contributed by atoms with E-state index in [1.165, 1.54) is 38.4 Å². The van der Waals surface area contributed by atoms with Crippen molar-refractivity contribution >= 4 is 10.0 Å². The Morgan fingerprint density at radius 3 is 2.55 bits per heavy atom. The Morgan fingerprint density at radius 1 is 1.10 bits per heavy atom. The van der Waals surface area contributed by atoms with E-state index in [-0.39, 0.29) is 0 Å². The first-order chi connectivity index (χ1) is 9.52. The van der Waals surface area contributed by atoms with Crippen LogP contribution in [0.15, 0.2) is 0 Å². The van der Waals surface area contributed by atoms with Crippen LogP contribution < -0.4 is 5.43 Å². The van der Waals surface area contributed by atoms with Gasteiger partial charge in [-0.15, -0.1) is 0 Å². The summed E-state index contributed by atoms with van der Waals surface area (Å²) in [7, 11) is -3.01. The standard InChI is InChI=1S/C14H27N3O2S/c1-20(18,19)16-8-3-4-12(11-16)10-13-7-9-17(15-13)14-5-2-6-14/h12-15H,2-11H2,1H3. The largest absolute Gasteiger partial charge is 0.252 e. The van der Waals surface area contributed by atoms with Crippen molar-refractivity contribution in [1.29, 1.82) is 0 Å². The Kier molecular flexibility index (Phi) is 4.36. The monoisotopic (exact) mass is 301 g/mol. The molecule has 2 saturated heterocycles. The minimum atomic E-state index is -3.01. The molecule has 0 aromatic rings. The van der Waals surface area contributed by atoms with Crippen molar-refractivity contribution in [2.45, 2.75) is 57.0 Å². The molecule has 3 fully saturated rings. The molecule has 0 bridgehead atoms. The van der Waals surface area contributed by atoms with Gasteiger partial charge in [-0.2, -0.15) is 0 Å². The van der Waals surface area contributed by atoms with Crippen molar-refractivity contribution in [2.75, 3.05) is 25.9 Å². The normalized spacial score (nSPS) is 34.2. The summed E-state index contributed by atoms with van der Waals surface area (Å²) >= 11 is 0.